The summed E-state index contributed by atoms with van der Waals surface area (Å²) in [5, 5.41) is 18.1. The van der Waals surface area contributed by atoms with Crippen LogP contribution in [0, 0.1) is 4.64 Å². The van der Waals surface area contributed by atoms with Gasteiger partial charge in [-0.2, -0.15) is 0 Å². The Morgan fingerprint density at radius 1 is 1.44 bits per heavy atom. The maximum atomic E-state index is 9.24. The number of fused-ring (bicyclic) bond motifs is 1. The summed E-state index contributed by atoms with van der Waals surface area (Å²) in [6, 6.07) is -0.206. The van der Waals surface area contributed by atoms with Crippen molar-refractivity contribution in [3.05, 3.63) is 17.3 Å². The number of nitrogens with one attached hydrogen (secondary N) is 1. The van der Waals surface area contributed by atoms with E-state index in [1.54, 1.807) is 10.9 Å². The number of imidazole rings is 1. The third kappa shape index (κ3) is 1.84. The van der Waals surface area contributed by atoms with Gasteiger partial charge in [0.2, 0.25) is 0 Å². The molecular formula is C9H12N4O2S. The van der Waals surface area contributed by atoms with Crippen LogP contribution in [0.15, 0.2) is 12.7 Å². The Hall–Kier alpha value is -1.31. The van der Waals surface area contributed by atoms with Crippen LogP contribution in [0.2, 0.25) is 0 Å². The Bertz CT molecular complexity index is 536. The number of rotatable bonds is 4. The molecule has 86 valence electrons. The highest BCUT2D eigenvalue weighted by Crippen LogP contribution is 2.17. The molecule has 6 nitrogen and oxygen atoms in total. The van der Waals surface area contributed by atoms with Gasteiger partial charge in [-0.05, 0) is 6.42 Å². The predicted molar refractivity (Wildman–Crippen MR) is 60.5 cm³/mol. The molecular weight excluding hydrogens is 228 g/mol. The molecule has 0 saturated carbocycles. The third-order valence-electron chi connectivity index (χ3n) is 2.45. The zero-order valence-corrected chi connectivity index (χ0v) is 9.31. The number of H-pyrrole nitrogens is 1. The van der Waals surface area contributed by atoms with Crippen LogP contribution >= 0.6 is 12.2 Å². The van der Waals surface area contributed by atoms with Crippen LogP contribution in [-0.4, -0.2) is 42.9 Å². The second-order valence-electron chi connectivity index (χ2n) is 3.41. The first-order valence-corrected chi connectivity index (χ1v) is 5.30. The molecule has 0 fully saturated rings. The van der Waals surface area contributed by atoms with E-state index in [0.29, 0.717) is 22.2 Å². The summed E-state index contributed by atoms with van der Waals surface area (Å²) in [5.41, 5.74) is 1.32. The highest BCUT2D eigenvalue weighted by atomic mass is 32.1. The minimum Gasteiger partial charge on any atom is -0.396 e. The second-order valence-corrected chi connectivity index (χ2v) is 3.79. The van der Waals surface area contributed by atoms with Crippen molar-refractivity contribution >= 4 is 23.4 Å². The molecule has 0 saturated heterocycles. The van der Waals surface area contributed by atoms with Crippen LogP contribution < -0.4 is 0 Å². The summed E-state index contributed by atoms with van der Waals surface area (Å²) in [4.78, 5) is 11.0. The molecule has 0 aliphatic heterocycles. The third-order valence-corrected chi connectivity index (χ3v) is 2.74. The molecule has 0 amide bonds. The van der Waals surface area contributed by atoms with Gasteiger partial charge < -0.3 is 19.8 Å². The van der Waals surface area contributed by atoms with E-state index in [4.69, 9.17) is 17.3 Å². The molecule has 0 aromatic carbocycles. The number of hydrogen-bond acceptors (Lipinski definition) is 5. The second kappa shape index (κ2) is 4.69. The van der Waals surface area contributed by atoms with Crippen molar-refractivity contribution in [2.24, 2.45) is 0 Å². The first-order valence-electron chi connectivity index (χ1n) is 4.90. The fourth-order valence-electron chi connectivity index (χ4n) is 1.62. The molecule has 3 N–H and O–H groups in total. The molecule has 2 aromatic rings. The summed E-state index contributed by atoms with van der Waals surface area (Å²) < 4.78 is 2.19. The van der Waals surface area contributed by atoms with E-state index in [1.165, 1.54) is 6.33 Å². The quantitative estimate of drug-likeness (QED) is 0.674. The van der Waals surface area contributed by atoms with Crippen LogP contribution in [0.4, 0.5) is 0 Å². The minimum atomic E-state index is -0.206. The topological polar surface area (TPSA) is 87.0 Å². The van der Waals surface area contributed by atoms with Crippen LogP contribution in [0.3, 0.4) is 0 Å². The summed E-state index contributed by atoms with van der Waals surface area (Å²) in [6.07, 6.45) is 3.55. The number of hydrogen-bond donors (Lipinski definition) is 3. The average molecular weight is 240 g/mol. The summed E-state index contributed by atoms with van der Waals surface area (Å²) in [7, 11) is 0. The first-order chi connectivity index (χ1) is 7.77. The van der Waals surface area contributed by atoms with Crippen LogP contribution in [-0.2, 0) is 0 Å². The number of aromatic nitrogens is 4. The normalized spacial score (nSPS) is 13.1. The Morgan fingerprint density at radius 2 is 2.25 bits per heavy atom. The predicted octanol–water partition coefficient (Wildman–Crippen LogP) is 0.405. The molecule has 7 heteroatoms. The molecule has 0 aliphatic carbocycles. The zero-order chi connectivity index (χ0) is 11.5. The van der Waals surface area contributed by atoms with Crippen LogP contribution in [0.5, 0.6) is 0 Å². The highest BCUT2D eigenvalue weighted by molar-refractivity contribution is 7.71. The van der Waals surface area contributed by atoms with Gasteiger partial charge in [0.25, 0.3) is 0 Å². The van der Waals surface area contributed by atoms with E-state index in [2.05, 4.69) is 15.0 Å². The summed E-state index contributed by atoms with van der Waals surface area (Å²) in [5.74, 6) is 0. The zero-order valence-electron chi connectivity index (χ0n) is 8.50. The lowest BCUT2D eigenvalue weighted by Gasteiger charge is -2.14. The molecule has 2 aromatic heterocycles. The van der Waals surface area contributed by atoms with Crippen LogP contribution in [0.1, 0.15) is 12.5 Å². The number of aromatic amines is 1. The van der Waals surface area contributed by atoms with E-state index in [1.807, 2.05) is 0 Å². The fraction of sp³-hybridized carbons (Fsp3) is 0.444. The Morgan fingerprint density at radius 3 is 2.94 bits per heavy atom. The number of nitrogens with zero attached hydrogens (tertiary/aromatic N) is 3. The summed E-state index contributed by atoms with van der Waals surface area (Å²) >= 11 is 5.04. The Kier molecular flexibility index (Phi) is 3.28. The van der Waals surface area contributed by atoms with E-state index in [9.17, 15) is 5.11 Å². The first kappa shape index (κ1) is 11.2. The number of aliphatic hydroxyl groups excluding tert-OH is 2. The lowest BCUT2D eigenvalue weighted by Crippen LogP contribution is -2.14. The standard InChI is InChI=1S/C9H12N4O2S/c14-2-1-6(3-15)13-5-12-7-8(13)10-4-11-9(7)16/h4-6,14-15H,1-3H2,(H,10,11,16)/t6-/m0/s1. The minimum absolute atomic E-state index is 0.0106. The van der Waals surface area contributed by atoms with Crippen molar-refractivity contribution in [3.8, 4) is 0 Å². The lowest BCUT2D eigenvalue weighted by atomic mass is 10.2. The molecule has 0 spiro atoms. The highest BCUT2D eigenvalue weighted by Gasteiger charge is 2.13. The Labute approximate surface area is 96.6 Å². The van der Waals surface area contributed by atoms with Gasteiger partial charge >= 0.3 is 0 Å². The van der Waals surface area contributed by atoms with E-state index in [-0.39, 0.29) is 19.3 Å². The van der Waals surface area contributed by atoms with Gasteiger partial charge in [0.15, 0.2) is 4.64 Å². The van der Waals surface area contributed by atoms with E-state index < -0.39 is 0 Å². The summed E-state index contributed by atoms with van der Waals surface area (Å²) in [6.45, 7) is -0.0499. The van der Waals surface area contributed by atoms with Crippen molar-refractivity contribution < 1.29 is 10.2 Å². The molecule has 2 rings (SSSR count). The molecule has 0 bridgehead atoms. The molecule has 16 heavy (non-hydrogen) atoms. The fourth-order valence-corrected chi connectivity index (χ4v) is 1.82. The maximum absolute atomic E-state index is 9.24. The van der Waals surface area contributed by atoms with Gasteiger partial charge in [-0.15, -0.1) is 0 Å². The number of aliphatic hydroxyl groups is 2. The monoisotopic (exact) mass is 240 g/mol. The van der Waals surface area contributed by atoms with Crippen LogP contribution in [0.25, 0.3) is 11.2 Å². The van der Waals surface area contributed by atoms with Gasteiger partial charge in [0, 0.05) is 6.61 Å². The molecule has 0 radical (unpaired) electrons. The van der Waals surface area contributed by atoms with Crippen molar-refractivity contribution in [1.29, 1.82) is 0 Å². The van der Waals surface area contributed by atoms with Crippen molar-refractivity contribution in [1.82, 2.24) is 19.5 Å². The lowest BCUT2D eigenvalue weighted by molar-refractivity contribution is 0.188. The molecule has 0 aliphatic rings. The van der Waals surface area contributed by atoms with Gasteiger partial charge in [-0.1, -0.05) is 12.2 Å². The van der Waals surface area contributed by atoms with E-state index in [0.717, 1.165) is 0 Å². The van der Waals surface area contributed by atoms with Gasteiger partial charge in [0.1, 0.15) is 11.2 Å². The molecule has 0 unspecified atom stereocenters. The largest absolute Gasteiger partial charge is 0.396 e. The molecule has 2 heterocycles. The van der Waals surface area contributed by atoms with Gasteiger partial charge in [-0.3, -0.25) is 0 Å². The average Bonchev–Trinajstić information content (AvgIpc) is 2.71. The maximum Gasteiger partial charge on any atom is 0.157 e. The van der Waals surface area contributed by atoms with Crippen molar-refractivity contribution in [3.63, 3.8) is 0 Å². The SMILES string of the molecule is OCC[C@@H](CO)n1cnc2c(=S)nc[nH]c21. The molecule has 1 atom stereocenters. The Balaban J connectivity index is 2.52. The van der Waals surface area contributed by atoms with E-state index >= 15 is 0 Å². The van der Waals surface area contributed by atoms with Gasteiger partial charge in [-0.25, -0.2) is 9.97 Å². The smallest absolute Gasteiger partial charge is 0.157 e. The van der Waals surface area contributed by atoms with Crippen molar-refractivity contribution in [2.75, 3.05) is 13.2 Å². The van der Waals surface area contributed by atoms with Gasteiger partial charge in [0.05, 0.1) is 25.3 Å². The van der Waals surface area contributed by atoms with Crippen molar-refractivity contribution in [2.45, 2.75) is 12.5 Å².